The van der Waals surface area contributed by atoms with Crippen LogP contribution >= 0.6 is 0 Å². The van der Waals surface area contributed by atoms with Crippen molar-refractivity contribution in [1.29, 1.82) is 5.26 Å². The molecule has 6 nitrogen and oxygen atoms in total. The van der Waals surface area contributed by atoms with Crippen molar-refractivity contribution in [2.24, 2.45) is 0 Å². The minimum absolute atomic E-state index is 0.0274. The average molecular weight is 545 g/mol. The third-order valence-corrected chi connectivity index (χ3v) is 11.1. The first-order valence-corrected chi connectivity index (χ1v) is 15.5. The molecule has 2 N–H and O–H groups in total. The Kier molecular flexibility index (Phi) is 7.05. The van der Waals surface area contributed by atoms with E-state index in [0.29, 0.717) is 36.2 Å². The van der Waals surface area contributed by atoms with E-state index in [4.69, 9.17) is 15.7 Å². The molecule has 7 heteroatoms. The summed E-state index contributed by atoms with van der Waals surface area (Å²) < 4.78 is 14.5. The predicted octanol–water partition coefficient (Wildman–Crippen LogP) is 6.00. The van der Waals surface area contributed by atoms with Gasteiger partial charge in [-0.2, -0.15) is 5.26 Å². The van der Waals surface area contributed by atoms with Crippen molar-refractivity contribution >= 4 is 11.5 Å². The molecule has 0 bridgehead atoms. The number of fused-ring (bicyclic) bond motifs is 4. The molecule has 214 valence electrons. The molecular weight excluding hydrogens is 499 g/mol. The van der Waals surface area contributed by atoms with Gasteiger partial charge in [-0.1, -0.05) is 19.9 Å². The van der Waals surface area contributed by atoms with Gasteiger partial charge in [0.1, 0.15) is 23.9 Å². The van der Waals surface area contributed by atoms with Gasteiger partial charge in [-0.05, 0) is 101 Å². The summed E-state index contributed by atoms with van der Waals surface area (Å²) in [5, 5.41) is 10.2. The molecule has 1 spiro atoms. The third kappa shape index (κ3) is 4.38. The van der Waals surface area contributed by atoms with Gasteiger partial charge in [-0.15, -0.1) is 0 Å². The predicted molar refractivity (Wildman–Crippen MR) is 158 cm³/mol. The fourth-order valence-electron chi connectivity index (χ4n) is 8.52. The number of hydrogen-bond donors (Lipinski definition) is 1. The SMILES string of the molecule is CCC(C)N(C)c1nc(CCC23CCCN2CC(F)C3)nc2c1CCC1(CCC(C)c3ccc(N)c(C#N)c31)C2. The van der Waals surface area contributed by atoms with Crippen LogP contribution in [0, 0.1) is 11.3 Å². The first kappa shape index (κ1) is 27.4. The molecule has 0 saturated carbocycles. The number of alkyl halides is 1. The quantitative estimate of drug-likeness (QED) is 0.449. The van der Waals surface area contributed by atoms with E-state index in [1.54, 1.807) is 0 Å². The first-order valence-electron chi connectivity index (χ1n) is 15.5. The molecule has 1 aromatic carbocycles. The minimum Gasteiger partial charge on any atom is -0.398 e. The fourth-order valence-corrected chi connectivity index (χ4v) is 8.52. The Morgan fingerprint density at radius 3 is 2.88 bits per heavy atom. The Balaban J connectivity index is 1.40. The number of nitrogens with two attached hydrogens (primary N) is 1. The van der Waals surface area contributed by atoms with Gasteiger partial charge in [0.25, 0.3) is 0 Å². The van der Waals surface area contributed by atoms with Crippen LogP contribution in [0.2, 0.25) is 0 Å². The number of rotatable bonds is 6. The normalized spacial score (nSPS) is 30.0. The van der Waals surface area contributed by atoms with Crippen LogP contribution in [0.1, 0.15) is 112 Å². The van der Waals surface area contributed by atoms with Crippen LogP contribution in [0.15, 0.2) is 12.1 Å². The summed E-state index contributed by atoms with van der Waals surface area (Å²) >= 11 is 0. The van der Waals surface area contributed by atoms with Crippen molar-refractivity contribution < 1.29 is 4.39 Å². The maximum absolute atomic E-state index is 14.5. The Morgan fingerprint density at radius 1 is 1.27 bits per heavy atom. The molecule has 0 amide bonds. The monoisotopic (exact) mass is 544 g/mol. The van der Waals surface area contributed by atoms with Crippen molar-refractivity contribution in [3.05, 3.63) is 45.9 Å². The van der Waals surface area contributed by atoms with Crippen LogP contribution in [0.4, 0.5) is 15.9 Å². The summed E-state index contributed by atoms with van der Waals surface area (Å²) in [7, 11) is 2.17. The summed E-state index contributed by atoms with van der Waals surface area (Å²) in [6.45, 7) is 8.35. The minimum atomic E-state index is -0.716. The highest BCUT2D eigenvalue weighted by atomic mass is 19.1. The zero-order valence-corrected chi connectivity index (χ0v) is 24.8. The largest absolute Gasteiger partial charge is 0.398 e. The van der Waals surface area contributed by atoms with Crippen molar-refractivity contribution in [2.45, 2.75) is 120 Å². The number of hydrogen-bond acceptors (Lipinski definition) is 6. The molecule has 1 aromatic heterocycles. The summed E-state index contributed by atoms with van der Waals surface area (Å²) in [6, 6.07) is 6.92. The van der Waals surface area contributed by atoms with Gasteiger partial charge in [0.15, 0.2) is 0 Å². The number of anilines is 2. The second-order valence-electron chi connectivity index (χ2n) is 13.3. The van der Waals surface area contributed by atoms with Crippen LogP contribution in [0.3, 0.4) is 0 Å². The Labute approximate surface area is 239 Å². The van der Waals surface area contributed by atoms with Gasteiger partial charge >= 0.3 is 0 Å². The summed E-state index contributed by atoms with van der Waals surface area (Å²) in [4.78, 5) is 15.2. The number of aromatic nitrogens is 2. The summed E-state index contributed by atoms with van der Waals surface area (Å²) in [6.07, 6.45) is 9.76. The van der Waals surface area contributed by atoms with Gasteiger partial charge in [0, 0.05) is 48.3 Å². The van der Waals surface area contributed by atoms with Crippen molar-refractivity contribution in [3.8, 4) is 6.07 Å². The highest BCUT2D eigenvalue weighted by Crippen LogP contribution is 2.52. The second kappa shape index (κ2) is 10.3. The molecule has 40 heavy (non-hydrogen) atoms. The van der Waals surface area contributed by atoms with Gasteiger partial charge in [-0.3, -0.25) is 4.90 Å². The maximum atomic E-state index is 14.5. The lowest BCUT2D eigenvalue weighted by Crippen LogP contribution is -2.41. The number of benzene rings is 1. The highest BCUT2D eigenvalue weighted by Gasteiger charge is 2.48. The van der Waals surface area contributed by atoms with E-state index < -0.39 is 6.17 Å². The lowest BCUT2D eigenvalue weighted by atomic mass is 9.59. The van der Waals surface area contributed by atoms with E-state index >= 15 is 0 Å². The standard InChI is InChI=1S/C33H45FN6/c1-5-22(3)39(4)31-25-10-14-32(13-9-21(2)24-7-8-27(36)26(19-35)30(24)32)18-28(25)37-29(38-31)11-15-33-12-6-16-40(33)20-23(34)17-33/h7-8,21-23H,5-6,9-18,20,36H2,1-4H3. The van der Waals surface area contributed by atoms with Gasteiger partial charge in [0.05, 0.1) is 11.3 Å². The fraction of sp³-hybridized carbons (Fsp3) is 0.667. The molecule has 0 radical (unpaired) electrons. The first-order chi connectivity index (χ1) is 19.2. The van der Waals surface area contributed by atoms with Gasteiger partial charge in [-0.25, -0.2) is 14.4 Å². The number of nitrogen functional groups attached to an aromatic ring is 1. The summed E-state index contributed by atoms with van der Waals surface area (Å²) in [5.74, 6) is 2.38. The smallest absolute Gasteiger partial charge is 0.135 e. The molecule has 5 unspecified atom stereocenters. The lowest BCUT2D eigenvalue weighted by Gasteiger charge is -2.45. The molecule has 2 fully saturated rings. The van der Waals surface area contributed by atoms with Crippen LogP contribution in [-0.2, 0) is 24.7 Å². The van der Waals surface area contributed by atoms with E-state index in [-0.39, 0.29) is 11.0 Å². The van der Waals surface area contributed by atoms with E-state index in [0.717, 1.165) is 88.1 Å². The molecule has 2 aromatic rings. The van der Waals surface area contributed by atoms with Crippen LogP contribution in [0.5, 0.6) is 0 Å². The molecular formula is C33H45FN6. The van der Waals surface area contributed by atoms with Crippen molar-refractivity contribution in [1.82, 2.24) is 14.9 Å². The van der Waals surface area contributed by atoms with Crippen LogP contribution in [0.25, 0.3) is 0 Å². The summed E-state index contributed by atoms with van der Waals surface area (Å²) in [5.41, 5.74) is 12.4. The lowest BCUT2D eigenvalue weighted by molar-refractivity contribution is 0.181. The molecule has 5 atom stereocenters. The number of halogens is 1. The Bertz CT molecular complexity index is 1340. The van der Waals surface area contributed by atoms with Crippen LogP contribution in [-0.4, -0.2) is 52.8 Å². The second-order valence-corrected chi connectivity index (χ2v) is 13.3. The maximum Gasteiger partial charge on any atom is 0.135 e. The topological polar surface area (TPSA) is 82.1 Å². The van der Waals surface area contributed by atoms with Crippen LogP contribution < -0.4 is 10.6 Å². The molecule has 2 saturated heterocycles. The zero-order valence-electron chi connectivity index (χ0n) is 24.8. The van der Waals surface area contributed by atoms with E-state index in [1.807, 2.05) is 6.07 Å². The third-order valence-electron chi connectivity index (χ3n) is 11.1. The van der Waals surface area contributed by atoms with Crippen molar-refractivity contribution in [2.75, 3.05) is 30.8 Å². The van der Waals surface area contributed by atoms with E-state index in [2.05, 4.69) is 49.8 Å². The van der Waals surface area contributed by atoms with E-state index in [1.165, 1.54) is 16.7 Å². The zero-order chi connectivity index (χ0) is 28.2. The average Bonchev–Trinajstić information content (AvgIpc) is 3.48. The van der Waals surface area contributed by atoms with Crippen molar-refractivity contribution in [3.63, 3.8) is 0 Å². The molecule has 2 aliphatic carbocycles. The molecule has 2 aliphatic heterocycles. The Morgan fingerprint density at radius 2 is 2.10 bits per heavy atom. The Hall–Kier alpha value is -2.72. The molecule has 3 heterocycles. The number of aryl methyl sites for hydroxylation is 1. The molecule has 6 rings (SSSR count). The highest BCUT2D eigenvalue weighted by molar-refractivity contribution is 5.65. The number of nitrogens with zero attached hydrogens (tertiary/aromatic N) is 5. The van der Waals surface area contributed by atoms with Gasteiger partial charge in [0.2, 0.25) is 0 Å². The van der Waals surface area contributed by atoms with E-state index in [9.17, 15) is 9.65 Å². The van der Waals surface area contributed by atoms with Gasteiger partial charge < -0.3 is 10.6 Å². The molecule has 4 aliphatic rings. The number of nitriles is 1.